The smallest absolute Gasteiger partial charge is 0.0223 e. The summed E-state index contributed by atoms with van der Waals surface area (Å²) >= 11 is 5.38. The summed E-state index contributed by atoms with van der Waals surface area (Å²) in [4.78, 5) is 0. The first-order valence-corrected chi connectivity index (χ1v) is 6.82. The molecule has 0 nitrogen and oxygen atoms in total. The topological polar surface area (TPSA) is 0 Å². The van der Waals surface area contributed by atoms with Crippen LogP contribution in [0, 0.1) is 0 Å². The molecule has 0 saturated heterocycles. The lowest BCUT2D eigenvalue weighted by Crippen LogP contribution is -1.70. The third-order valence-electron chi connectivity index (χ3n) is 1.34. The maximum atomic E-state index is 5.38. The van der Waals surface area contributed by atoms with Gasteiger partial charge in [-0.25, -0.2) is 0 Å². The Labute approximate surface area is 85.2 Å². The van der Waals surface area contributed by atoms with Gasteiger partial charge in [-0.1, -0.05) is 48.6 Å². The third kappa shape index (κ3) is 22.4. The Morgan fingerprint density at radius 2 is 1.67 bits per heavy atom. The van der Waals surface area contributed by atoms with Crippen molar-refractivity contribution in [1.29, 1.82) is 0 Å². The summed E-state index contributed by atoms with van der Waals surface area (Å²) in [6.45, 7) is 6.62. The largest absolute Gasteiger partial charge is 0.127 e. The molecule has 0 aliphatic carbocycles. The molecule has 0 fully saturated rings. The molecule has 0 unspecified atom stereocenters. The number of hydrogen-bond acceptors (Lipinski definition) is 0. The van der Waals surface area contributed by atoms with Crippen LogP contribution in [-0.2, 0) is 0 Å². The van der Waals surface area contributed by atoms with Gasteiger partial charge in [-0.05, 0) is 18.7 Å². The number of hydrogen-bond donors (Lipinski definition) is 0. The van der Waals surface area contributed by atoms with Crippen molar-refractivity contribution >= 4 is 20.2 Å². The van der Waals surface area contributed by atoms with E-state index in [-0.39, 0.29) is 0 Å². The van der Waals surface area contributed by atoms with Crippen molar-refractivity contribution in [3.8, 4) is 0 Å². The fourth-order valence-electron chi connectivity index (χ4n) is 0.661. The predicted molar refractivity (Wildman–Crippen MR) is 62.9 cm³/mol. The van der Waals surface area contributed by atoms with E-state index in [0.717, 1.165) is 5.88 Å². The van der Waals surface area contributed by atoms with Crippen LogP contribution < -0.4 is 0 Å². The van der Waals surface area contributed by atoms with Crippen molar-refractivity contribution in [1.82, 2.24) is 0 Å². The van der Waals surface area contributed by atoms with Crippen LogP contribution in [-0.4, -0.2) is 18.2 Å². The fraction of sp³-hybridized carbons (Fsp3) is 1.00. The first-order chi connectivity index (χ1) is 5.83. The minimum absolute atomic E-state index is 0.827. The average Bonchev–Trinajstić information content (AvgIpc) is 2.12. The van der Waals surface area contributed by atoms with Gasteiger partial charge >= 0.3 is 0 Å². The van der Waals surface area contributed by atoms with Gasteiger partial charge in [-0.15, -0.1) is 11.6 Å². The van der Waals surface area contributed by atoms with Crippen LogP contribution >= 0.6 is 20.2 Å². The molecule has 12 heavy (non-hydrogen) atoms. The molecule has 2 heteroatoms. The summed E-state index contributed by atoms with van der Waals surface area (Å²) in [5, 5.41) is 0. The average molecular weight is 210 g/mol. The van der Waals surface area contributed by atoms with Crippen LogP contribution in [0.5, 0.6) is 0 Å². The van der Waals surface area contributed by atoms with E-state index in [9.17, 15) is 0 Å². The molecule has 0 amide bonds. The van der Waals surface area contributed by atoms with E-state index in [0.29, 0.717) is 0 Å². The van der Waals surface area contributed by atoms with Crippen LogP contribution in [0.3, 0.4) is 0 Å². The minimum Gasteiger partial charge on any atom is -0.127 e. The van der Waals surface area contributed by atoms with Gasteiger partial charge in [0.05, 0.1) is 0 Å². The second-order valence-electron chi connectivity index (χ2n) is 2.66. The van der Waals surface area contributed by atoms with E-state index in [2.05, 4.69) is 20.8 Å². The van der Waals surface area contributed by atoms with E-state index in [1.807, 2.05) is 0 Å². The lowest BCUT2D eigenvalue weighted by atomic mass is 10.3. The molecule has 0 aliphatic heterocycles. The van der Waals surface area contributed by atoms with Gasteiger partial charge in [-0.3, -0.25) is 0 Å². The van der Waals surface area contributed by atoms with E-state index < -0.39 is 0 Å². The standard InChI is InChI=1S/C5H11Cl.C5H12P/c1-2-3-4-5-6;1-3-5-6-4-2/h2-5H2,1H3;3-5H2,1-2H3. The first-order valence-electron chi connectivity index (χ1n) is 5.02. The monoisotopic (exact) mass is 209 g/mol. The molecule has 0 heterocycles. The van der Waals surface area contributed by atoms with Gasteiger partial charge in [-0.2, -0.15) is 0 Å². The second kappa shape index (κ2) is 17.7. The van der Waals surface area contributed by atoms with E-state index in [1.165, 1.54) is 38.0 Å². The summed E-state index contributed by atoms with van der Waals surface area (Å²) in [5.74, 6) is 0.827. The summed E-state index contributed by atoms with van der Waals surface area (Å²) in [5.41, 5.74) is 0. The Bertz CT molecular complexity index is 41.8. The molecule has 1 radical (unpaired) electrons. The Kier molecular flexibility index (Phi) is 22.4. The molecular weight excluding hydrogens is 187 g/mol. The highest BCUT2D eigenvalue weighted by Gasteiger charge is 1.77. The van der Waals surface area contributed by atoms with E-state index in [4.69, 9.17) is 11.6 Å². The molecule has 0 saturated carbocycles. The van der Waals surface area contributed by atoms with Gasteiger partial charge < -0.3 is 0 Å². The van der Waals surface area contributed by atoms with Gasteiger partial charge in [0.1, 0.15) is 0 Å². The molecule has 0 aromatic rings. The Balaban J connectivity index is 0. The molecule has 0 atom stereocenters. The molecule has 0 aromatic heterocycles. The Hall–Kier alpha value is 0.720. The minimum atomic E-state index is 0.827. The molecule has 0 N–H and O–H groups in total. The van der Waals surface area contributed by atoms with Gasteiger partial charge in [0, 0.05) is 5.88 Å². The number of alkyl halides is 1. The van der Waals surface area contributed by atoms with Crippen molar-refractivity contribution in [3.63, 3.8) is 0 Å². The zero-order chi connectivity index (χ0) is 9.66. The van der Waals surface area contributed by atoms with Crippen molar-refractivity contribution in [2.24, 2.45) is 0 Å². The summed E-state index contributed by atoms with van der Waals surface area (Å²) in [6, 6.07) is 0. The normalized spacial score (nSPS) is 10.0. The zero-order valence-corrected chi connectivity index (χ0v) is 10.4. The fourth-order valence-corrected chi connectivity index (χ4v) is 1.48. The highest BCUT2D eigenvalue weighted by molar-refractivity contribution is 7.37. The summed E-state index contributed by atoms with van der Waals surface area (Å²) < 4.78 is 0. The Morgan fingerprint density at radius 3 is 1.83 bits per heavy atom. The van der Waals surface area contributed by atoms with Crippen molar-refractivity contribution in [3.05, 3.63) is 0 Å². The van der Waals surface area contributed by atoms with E-state index >= 15 is 0 Å². The molecule has 0 bridgehead atoms. The molecule has 0 aliphatic rings. The molecule has 0 aromatic carbocycles. The highest BCUT2D eigenvalue weighted by Crippen LogP contribution is 2.07. The summed E-state index contributed by atoms with van der Waals surface area (Å²) in [7, 11) is 1.61. The summed E-state index contributed by atoms with van der Waals surface area (Å²) in [6.07, 6.45) is 7.79. The van der Waals surface area contributed by atoms with Crippen molar-refractivity contribution in [2.75, 3.05) is 18.2 Å². The van der Waals surface area contributed by atoms with Crippen molar-refractivity contribution < 1.29 is 0 Å². The van der Waals surface area contributed by atoms with Crippen LogP contribution in [0.4, 0.5) is 0 Å². The molecular formula is C10H23ClP. The second-order valence-corrected chi connectivity index (χ2v) is 4.56. The van der Waals surface area contributed by atoms with Crippen LogP contribution in [0.2, 0.25) is 0 Å². The lowest BCUT2D eigenvalue weighted by Gasteiger charge is -1.85. The molecule has 75 valence electrons. The van der Waals surface area contributed by atoms with Crippen LogP contribution in [0.1, 0.15) is 46.5 Å². The molecule has 0 spiro atoms. The van der Waals surface area contributed by atoms with E-state index in [1.54, 1.807) is 8.58 Å². The maximum absolute atomic E-state index is 5.38. The Morgan fingerprint density at radius 1 is 1.00 bits per heavy atom. The quantitative estimate of drug-likeness (QED) is 0.336. The first kappa shape index (κ1) is 15.2. The van der Waals surface area contributed by atoms with Crippen molar-refractivity contribution in [2.45, 2.75) is 46.5 Å². The van der Waals surface area contributed by atoms with Gasteiger partial charge in [0.2, 0.25) is 0 Å². The van der Waals surface area contributed by atoms with Crippen LogP contribution in [0.25, 0.3) is 0 Å². The number of rotatable bonds is 6. The number of unbranched alkanes of at least 4 members (excludes halogenated alkanes) is 2. The van der Waals surface area contributed by atoms with Gasteiger partial charge in [0.25, 0.3) is 0 Å². The maximum Gasteiger partial charge on any atom is 0.0223 e. The van der Waals surface area contributed by atoms with Crippen LogP contribution in [0.15, 0.2) is 0 Å². The van der Waals surface area contributed by atoms with Gasteiger partial charge in [0.15, 0.2) is 0 Å². The highest BCUT2D eigenvalue weighted by atomic mass is 35.5. The lowest BCUT2D eigenvalue weighted by molar-refractivity contribution is 0.776. The molecule has 0 rings (SSSR count). The SMILES string of the molecule is CCCCCCl.CCC[P]CC. The zero-order valence-electron chi connectivity index (χ0n) is 8.77. The number of halogens is 1. The third-order valence-corrected chi connectivity index (χ3v) is 2.82. The predicted octanol–water partition coefficient (Wildman–Crippen LogP) is 4.78.